The third-order valence-electron chi connectivity index (χ3n) is 13.3. The normalized spacial score (nSPS) is 29.5. The van der Waals surface area contributed by atoms with Crippen molar-refractivity contribution >= 4 is 66.5 Å². The summed E-state index contributed by atoms with van der Waals surface area (Å²) < 4.78 is 29.8. The van der Waals surface area contributed by atoms with E-state index in [9.17, 15) is 34.8 Å². The highest BCUT2D eigenvalue weighted by Crippen LogP contribution is 2.55. The van der Waals surface area contributed by atoms with Crippen molar-refractivity contribution < 1.29 is 58.5 Å². The van der Waals surface area contributed by atoms with Crippen LogP contribution in [0.1, 0.15) is 64.4 Å². The summed E-state index contributed by atoms with van der Waals surface area (Å²) in [4.78, 5) is 50.7. The van der Waals surface area contributed by atoms with E-state index in [4.69, 9.17) is 28.7 Å². The van der Waals surface area contributed by atoms with Crippen molar-refractivity contribution in [3.63, 3.8) is 0 Å². The number of hydrogen-bond donors (Lipinski definition) is 5. The van der Waals surface area contributed by atoms with Crippen molar-refractivity contribution in [1.82, 2.24) is 4.98 Å². The number of carbonyl (C=O) groups is 3. The number of Topliss-reactive ketones (excluding diaryl/α,β-unsaturated/α-hetero) is 1. The summed E-state index contributed by atoms with van der Waals surface area (Å²) in [5, 5.41) is 50.6. The van der Waals surface area contributed by atoms with Gasteiger partial charge in [0.1, 0.15) is 29.0 Å². The molecule has 4 heterocycles. The smallest absolute Gasteiger partial charge is 0.312 e. The zero-order valence-corrected chi connectivity index (χ0v) is 39.8. The summed E-state index contributed by atoms with van der Waals surface area (Å²) in [6.45, 7) is 15.4. The van der Waals surface area contributed by atoms with Gasteiger partial charge in [-0.3, -0.25) is 14.4 Å². The van der Waals surface area contributed by atoms with Crippen LogP contribution in [0.25, 0.3) is 21.0 Å². The standard InChI is InChI=1S/C49H60N4O12S/c1-24-12-11-13-25(2)47(60)50-38-42(58)35-34(37-45(38)66-48(51-37)53-21-19-52(20-22-53)31-14-16-32(61-9)17-15-31)36-44(29(6)41(35)57)65-49(8,46(36)59)63-23-18-33(62-10)26(3)43(64-30(7)54)28(5)40(56)27(4)39(24)55/h11-18,23-24,26-28,33,39-40,43,55-58H,19-22H2,1-10H3,(H,50,60)/b12-11+,23-18+,25-13+/t24-,26+,27+,28+,33-,39-,40+,43+,49-/m0/s1. The van der Waals surface area contributed by atoms with E-state index in [0.717, 1.165) is 11.4 Å². The molecule has 0 unspecified atom stereocenters. The lowest BCUT2D eigenvalue weighted by atomic mass is 9.78. The highest BCUT2D eigenvalue weighted by molar-refractivity contribution is 7.23. The third-order valence-corrected chi connectivity index (χ3v) is 14.5. The number of phenols is 2. The fourth-order valence-electron chi connectivity index (χ4n) is 9.20. The van der Waals surface area contributed by atoms with E-state index >= 15 is 0 Å². The summed E-state index contributed by atoms with van der Waals surface area (Å²) in [5.41, 5.74) is 1.74. The summed E-state index contributed by atoms with van der Waals surface area (Å²) in [6.07, 6.45) is 3.92. The van der Waals surface area contributed by atoms with Gasteiger partial charge in [0.05, 0.1) is 52.9 Å². The number of aliphatic hydroxyl groups is 2. The van der Waals surface area contributed by atoms with Gasteiger partial charge in [-0.2, -0.15) is 0 Å². The summed E-state index contributed by atoms with van der Waals surface area (Å²) >= 11 is 1.24. The molecule has 3 aliphatic heterocycles. The van der Waals surface area contributed by atoms with Crippen LogP contribution < -0.4 is 24.6 Å². The molecule has 17 heteroatoms. The number of fused-ring (bicyclic) bond motifs is 1. The Morgan fingerprint density at radius 2 is 1.58 bits per heavy atom. The minimum absolute atomic E-state index is 0.00442. The van der Waals surface area contributed by atoms with Crippen LogP contribution in [0.2, 0.25) is 0 Å². The molecule has 0 spiro atoms. The van der Waals surface area contributed by atoms with Crippen molar-refractivity contribution in [2.75, 3.05) is 55.5 Å². The van der Waals surface area contributed by atoms with Crippen molar-refractivity contribution in [3.05, 3.63) is 71.5 Å². The van der Waals surface area contributed by atoms with Crippen LogP contribution in [0.4, 0.5) is 16.5 Å². The number of nitrogens with zero attached hydrogens (tertiary/aromatic N) is 3. The molecule has 7 rings (SSSR count). The molecule has 3 aliphatic rings. The molecule has 66 heavy (non-hydrogen) atoms. The fraction of sp³-hybridized carbons (Fsp3) is 0.469. The number of ether oxygens (including phenoxy) is 5. The van der Waals surface area contributed by atoms with E-state index in [1.54, 1.807) is 73.0 Å². The van der Waals surface area contributed by atoms with Crippen LogP contribution in [0, 0.1) is 30.6 Å². The number of methoxy groups -OCH3 is 2. The van der Waals surface area contributed by atoms with Gasteiger partial charge in [-0.1, -0.05) is 57.3 Å². The SMILES string of the molecule is COc1ccc(N2CCN(c3nc4c(s3)c3c(O)c5c(O)c(C)c6c(c54)C(=O)[C@@](C)(O/C=C/[C@H](OC)[C@@H](C)[C@@H](OC(C)=O)[C@H](C)[C@H](O)[C@H](C)[C@@H](O)[C@@H](C)/C=C/C=C(\C)C(=O)N3)O6)CC2)cc1. The molecule has 16 nitrogen and oxygen atoms in total. The molecule has 0 radical (unpaired) electrons. The monoisotopic (exact) mass is 928 g/mol. The Kier molecular flexibility index (Phi) is 13.9. The summed E-state index contributed by atoms with van der Waals surface area (Å²) in [5.74, 6) is -6.17. The van der Waals surface area contributed by atoms with Crippen molar-refractivity contribution in [1.29, 1.82) is 0 Å². The number of amides is 1. The second-order valence-corrected chi connectivity index (χ2v) is 18.7. The molecular weight excluding hydrogens is 869 g/mol. The first-order chi connectivity index (χ1) is 31.3. The number of benzene rings is 3. The average Bonchev–Trinajstić information content (AvgIpc) is 3.86. The highest BCUT2D eigenvalue weighted by atomic mass is 32.1. The predicted octanol–water partition coefficient (Wildman–Crippen LogP) is 6.99. The summed E-state index contributed by atoms with van der Waals surface area (Å²) in [6, 6.07) is 7.85. The number of aromatic nitrogens is 1. The van der Waals surface area contributed by atoms with E-state index in [2.05, 4.69) is 15.1 Å². The Balaban J connectivity index is 1.36. The number of phenolic OH excluding ortho intramolecular Hbond substituents is 2. The lowest BCUT2D eigenvalue weighted by molar-refractivity contribution is -0.160. The van der Waals surface area contributed by atoms with Gasteiger partial charge in [0.15, 0.2) is 10.9 Å². The molecular formula is C49H60N4O12S. The molecule has 9 atom stereocenters. The van der Waals surface area contributed by atoms with Gasteiger partial charge >= 0.3 is 11.8 Å². The molecule has 1 amide bonds. The average molecular weight is 929 g/mol. The van der Waals surface area contributed by atoms with E-state index in [1.165, 1.54) is 38.6 Å². The number of carbonyl (C=O) groups excluding carboxylic acids is 3. The van der Waals surface area contributed by atoms with E-state index < -0.39 is 77.3 Å². The van der Waals surface area contributed by atoms with Crippen LogP contribution >= 0.6 is 11.3 Å². The topological polar surface area (TPSA) is 210 Å². The number of esters is 1. The highest BCUT2D eigenvalue weighted by Gasteiger charge is 2.50. The number of aliphatic hydroxyl groups excluding tert-OH is 2. The Labute approximate surface area is 388 Å². The maximum absolute atomic E-state index is 14.8. The maximum atomic E-state index is 14.8. The first-order valence-electron chi connectivity index (χ1n) is 22.1. The largest absolute Gasteiger partial charge is 0.507 e. The maximum Gasteiger partial charge on any atom is 0.312 e. The molecule has 4 aromatic rings. The van der Waals surface area contributed by atoms with Gasteiger partial charge < -0.3 is 59.2 Å². The minimum atomic E-state index is -1.97. The van der Waals surface area contributed by atoms with Gasteiger partial charge in [-0.15, -0.1) is 0 Å². The molecule has 354 valence electrons. The number of hydrogen-bond acceptors (Lipinski definition) is 16. The third kappa shape index (κ3) is 8.88. The number of anilines is 3. The molecule has 1 fully saturated rings. The van der Waals surface area contributed by atoms with Gasteiger partial charge in [-0.05, 0) is 44.2 Å². The first kappa shape index (κ1) is 48.1. The Morgan fingerprint density at radius 1 is 0.909 bits per heavy atom. The number of aromatic hydroxyl groups is 2. The molecule has 1 aromatic heterocycles. The zero-order chi connectivity index (χ0) is 47.9. The minimum Gasteiger partial charge on any atom is -0.507 e. The number of rotatable bonds is 5. The van der Waals surface area contributed by atoms with E-state index in [1.807, 2.05) is 24.3 Å². The number of allylic oxidation sites excluding steroid dienone is 2. The van der Waals surface area contributed by atoms with Gasteiger partial charge in [0.2, 0.25) is 0 Å². The van der Waals surface area contributed by atoms with Crippen LogP contribution in [-0.4, -0.2) is 114 Å². The molecule has 4 bridgehead atoms. The van der Waals surface area contributed by atoms with Crippen LogP contribution in [0.15, 0.2) is 60.4 Å². The number of thiazole rings is 1. The second kappa shape index (κ2) is 19.1. The first-order valence-corrected chi connectivity index (χ1v) is 22.9. The molecule has 0 saturated carbocycles. The quantitative estimate of drug-likeness (QED) is 0.101. The Bertz CT molecular complexity index is 2600. The second-order valence-electron chi connectivity index (χ2n) is 17.7. The molecule has 5 N–H and O–H groups in total. The van der Waals surface area contributed by atoms with Crippen molar-refractivity contribution in [3.8, 4) is 23.0 Å². The summed E-state index contributed by atoms with van der Waals surface area (Å²) in [7, 11) is 3.09. The zero-order valence-electron chi connectivity index (χ0n) is 38.9. The molecule has 0 aliphatic carbocycles. The van der Waals surface area contributed by atoms with Gasteiger partial charge in [-0.25, -0.2) is 4.98 Å². The van der Waals surface area contributed by atoms with Crippen LogP contribution in [0.3, 0.4) is 0 Å². The van der Waals surface area contributed by atoms with E-state index in [-0.39, 0.29) is 50.2 Å². The fourth-order valence-corrected chi connectivity index (χ4v) is 10.3. The number of nitrogens with one attached hydrogen (secondary N) is 1. The van der Waals surface area contributed by atoms with Crippen LogP contribution in [0.5, 0.6) is 23.0 Å². The Hall–Kier alpha value is -5.88. The van der Waals surface area contributed by atoms with E-state index in [0.29, 0.717) is 36.0 Å². The van der Waals surface area contributed by atoms with Crippen LogP contribution in [-0.2, 0) is 23.8 Å². The number of ketones is 1. The van der Waals surface area contributed by atoms with Gasteiger partial charge in [0.25, 0.3) is 11.7 Å². The lowest BCUT2D eigenvalue weighted by Gasteiger charge is -2.38. The lowest BCUT2D eigenvalue weighted by Crippen LogP contribution is -2.46. The molecule has 3 aromatic carbocycles. The Morgan fingerprint density at radius 3 is 2.21 bits per heavy atom. The molecule has 1 saturated heterocycles. The van der Waals surface area contributed by atoms with Crippen molar-refractivity contribution in [2.45, 2.75) is 85.6 Å². The van der Waals surface area contributed by atoms with Crippen molar-refractivity contribution in [2.24, 2.45) is 23.7 Å². The van der Waals surface area contributed by atoms with Gasteiger partial charge in [0, 0.05) is 93.0 Å². The predicted molar refractivity (Wildman–Crippen MR) is 253 cm³/mol. The number of piperazine rings is 1.